The second kappa shape index (κ2) is 9.19. The average molecular weight is 544 g/mol. The van der Waals surface area contributed by atoms with Gasteiger partial charge in [0.25, 0.3) is 0 Å². The van der Waals surface area contributed by atoms with Crippen LogP contribution >= 0.6 is 11.3 Å². The van der Waals surface area contributed by atoms with Crippen molar-refractivity contribution in [2.75, 3.05) is 4.90 Å². The van der Waals surface area contributed by atoms with E-state index in [1.807, 2.05) is 11.3 Å². The summed E-state index contributed by atoms with van der Waals surface area (Å²) in [6, 6.07) is 51.1. The first-order valence-electron chi connectivity index (χ1n) is 14.2. The summed E-state index contributed by atoms with van der Waals surface area (Å²) in [5, 5.41) is 2.70. The first kappa shape index (κ1) is 24.2. The Morgan fingerprint density at radius 1 is 0.512 bits per heavy atom. The lowest BCUT2D eigenvalue weighted by molar-refractivity contribution is 0.632. The molecule has 0 bridgehead atoms. The van der Waals surface area contributed by atoms with E-state index in [1.54, 1.807) is 0 Å². The summed E-state index contributed by atoms with van der Waals surface area (Å²) in [6.07, 6.45) is 0. The molecule has 1 nitrogen and oxygen atoms in total. The van der Waals surface area contributed by atoms with Crippen LogP contribution in [-0.2, 0) is 5.41 Å². The highest BCUT2D eigenvalue weighted by Crippen LogP contribution is 2.53. The van der Waals surface area contributed by atoms with Crippen molar-refractivity contribution in [1.29, 1.82) is 0 Å². The Morgan fingerprint density at radius 2 is 1.17 bits per heavy atom. The SMILES string of the molecule is CC1(C)c2ccccc2N(c2ccc(-c3ccccc3)cc2)c2ccc(-c3cccc4sc5ccccc5c34)cc21. The summed E-state index contributed by atoms with van der Waals surface area (Å²) >= 11 is 1.88. The number of anilines is 3. The molecule has 41 heavy (non-hydrogen) atoms. The van der Waals surface area contributed by atoms with E-state index in [1.165, 1.54) is 70.6 Å². The van der Waals surface area contributed by atoms with Crippen LogP contribution in [0.4, 0.5) is 17.1 Å². The van der Waals surface area contributed by atoms with Crippen molar-refractivity contribution < 1.29 is 0 Å². The molecule has 1 aliphatic rings. The lowest BCUT2D eigenvalue weighted by Gasteiger charge is -2.42. The summed E-state index contributed by atoms with van der Waals surface area (Å²) in [4.78, 5) is 2.44. The highest BCUT2D eigenvalue weighted by atomic mass is 32.1. The van der Waals surface area contributed by atoms with Gasteiger partial charge in [-0.1, -0.05) is 111 Å². The molecule has 1 aliphatic heterocycles. The maximum Gasteiger partial charge on any atom is 0.0503 e. The van der Waals surface area contributed by atoms with Crippen molar-refractivity contribution >= 4 is 48.6 Å². The normalized spacial score (nSPS) is 13.8. The van der Waals surface area contributed by atoms with Gasteiger partial charge in [0.15, 0.2) is 0 Å². The fourth-order valence-electron chi connectivity index (χ4n) is 6.60. The smallest absolute Gasteiger partial charge is 0.0503 e. The van der Waals surface area contributed by atoms with Crippen LogP contribution in [0.3, 0.4) is 0 Å². The molecule has 2 heterocycles. The average Bonchev–Trinajstić information content (AvgIpc) is 3.41. The zero-order valence-electron chi connectivity index (χ0n) is 23.1. The minimum absolute atomic E-state index is 0.146. The van der Waals surface area contributed by atoms with Gasteiger partial charge in [-0.3, -0.25) is 0 Å². The largest absolute Gasteiger partial charge is 0.310 e. The molecule has 1 aromatic heterocycles. The molecule has 2 heteroatoms. The number of rotatable bonds is 3. The Balaban J connectivity index is 1.31. The molecule has 196 valence electrons. The van der Waals surface area contributed by atoms with Crippen molar-refractivity contribution in [3.05, 3.63) is 151 Å². The molecule has 0 N–H and O–H groups in total. The molecule has 7 aromatic rings. The van der Waals surface area contributed by atoms with Gasteiger partial charge >= 0.3 is 0 Å². The molecule has 0 fully saturated rings. The fraction of sp³-hybridized carbons (Fsp3) is 0.0769. The lowest BCUT2D eigenvalue weighted by atomic mass is 9.73. The maximum absolute atomic E-state index is 2.44. The third-order valence-electron chi connectivity index (χ3n) is 8.68. The Hall–Kier alpha value is -4.66. The molecule has 0 amide bonds. The molecule has 0 saturated heterocycles. The van der Waals surface area contributed by atoms with E-state index in [0.29, 0.717) is 0 Å². The van der Waals surface area contributed by atoms with Gasteiger partial charge in [0.05, 0.1) is 11.4 Å². The summed E-state index contributed by atoms with van der Waals surface area (Å²) in [7, 11) is 0. The van der Waals surface area contributed by atoms with Crippen LogP contribution < -0.4 is 4.90 Å². The summed E-state index contributed by atoms with van der Waals surface area (Å²) in [6.45, 7) is 4.73. The molecule has 0 aliphatic carbocycles. The molecule has 0 spiro atoms. The maximum atomic E-state index is 2.44. The summed E-state index contributed by atoms with van der Waals surface area (Å²) in [5.41, 5.74) is 11.2. The predicted molar refractivity (Wildman–Crippen MR) is 177 cm³/mol. The number of hydrogen-bond donors (Lipinski definition) is 0. The second-order valence-electron chi connectivity index (χ2n) is 11.4. The van der Waals surface area contributed by atoms with Gasteiger partial charge in [-0.05, 0) is 75.8 Å². The molecule has 0 atom stereocenters. The Bertz CT molecular complexity index is 2070. The monoisotopic (exact) mass is 543 g/mol. The molecular formula is C39H29NS. The van der Waals surface area contributed by atoms with Crippen LogP contribution in [0.25, 0.3) is 42.4 Å². The third kappa shape index (κ3) is 3.75. The van der Waals surface area contributed by atoms with Crippen LogP contribution in [0.15, 0.2) is 140 Å². The van der Waals surface area contributed by atoms with Crippen LogP contribution in [0, 0.1) is 0 Å². The lowest BCUT2D eigenvalue weighted by Crippen LogP contribution is -2.30. The highest BCUT2D eigenvalue weighted by Gasteiger charge is 2.37. The minimum Gasteiger partial charge on any atom is -0.310 e. The first-order chi connectivity index (χ1) is 20.1. The van der Waals surface area contributed by atoms with Gasteiger partial charge in [-0.2, -0.15) is 0 Å². The van der Waals surface area contributed by atoms with Gasteiger partial charge in [0, 0.05) is 31.3 Å². The highest BCUT2D eigenvalue weighted by molar-refractivity contribution is 7.25. The van der Waals surface area contributed by atoms with E-state index in [-0.39, 0.29) is 5.41 Å². The molecular weight excluding hydrogens is 515 g/mol. The number of thiophene rings is 1. The van der Waals surface area contributed by atoms with Gasteiger partial charge in [-0.25, -0.2) is 0 Å². The molecule has 0 saturated carbocycles. The van der Waals surface area contributed by atoms with Crippen molar-refractivity contribution in [3.8, 4) is 22.3 Å². The molecule has 0 radical (unpaired) electrons. The number of para-hydroxylation sites is 1. The van der Waals surface area contributed by atoms with E-state index in [2.05, 4.69) is 158 Å². The van der Waals surface area contributed by atoms with E-state index in [9.17, 15) is 0 Å². The zero-order valence-corrected chi connectivity index (χ0v) is 24.0. The first-order valence-corrected chi connectivity index (χ1v) is 15.0. The third-order valence-corrected chi connectivity index (χ3v) is 9.81. The Kier molecular flexibility index (Phi) is 5.42. The molecule has 6 aromatic carbocycles. The number of nitrogens with zero attached hydrogens (tertiary/aromatic N) is 1. The van der Waals surface area contributed by atoms with E-state index >= 15 is 0 Å². The van der Waals surface area contributed by atoms with E-state index < -0.39 is 0 Å². The van der Waals surface area contributed by atoms with E-state index in [4.69, 9.17) is 0 Å². The van der Waals surface area contributed by atoms with Crippen LogP contribution in [0.1, 0.15) is 25.0 Å². The van der Waals surface area contributed by atoms with Crippen molar-refractivity contribution in [3.63, 3.8) is 0 Å². The van der Waals surface area contributed by atoms with Crippen LogP contribution in [0.2, 0.25) is 0 Å². The van der Waals surface area contributed by atoms with Gasteiger partial charge in [-0.15, -0.1) is 11.3 Å². The Morgan fingerprint density at radius 3 is 2.02 bits per heavy atom. The minimum atomic E-state index is -0.146. The molecule has 8 rings (SSSR count). The van der Waals surface area contributed by atoms with E-state index in [0.717, 1.165) is 0 Å². The van der Waals surface area contributed by atoms with Gasteiger partial charge in [0.1, 0.15) is 0 Å². The van der Waals surface area contributed by atoms with Crippen molar-refractivity contribution in [1.82, 2.24) is 0 Å². The van der Waals surface area contributed by atoms with Gasteiger partial charge in [0.2, 0.25) is 0 Å². The van der Waals surface area contributed by atoms with Crippen molar-refractivity contribution in [2.24, 2.45) is 0 Å². The summed E-state index contributed by atoms with van der Waals surface area (Å²) < 4.78 is 2.68. The van der Waals surface area contributed by atoms with Crippen molar-refractivity contribution in [2.45, 2.75) is 19.3 Å². The molecule has 0 unspecified atom stereocenters. The topological polar surface area (TPSA) is 3.24 Å². The summed E-state index contributed by atoms with van der Waals surface area (Å²) in [5.74, 6) is 0. The Labute approximate surface area is 245 Å². The number of benzene rings is 6. The van der Waals surface area contributed by atoms with Crippen LogP contribution in [-0.4, -0.2) is 0 Å². The zero-order chi connectivity index (χ0) is 27.6. The number of fused-ring (bicyclic) bond motifs is 5. The standard InChI is InChI=1S/C39H29NS/c1-39(2)32-15-7-8-16-34(32)40(29-22-19-27(20-23-29)26-11-4-3-5-12-26)35-24-21-28(25-33(35)39)30-14-10-18-37-38(30)31-13-6-9-17-36(31)41-37/h3-25H,1-2H3. The van der Waals surface area contributed by atoms with Crippen LogP contribution in [0.5, 0.6) is 0 Å². The number of hydrogen-bond acceptors (Lipinski definition) is 2. The quantitative estimate of drug-likeness (QED) is 0.214. The predicted octanol–water partition coefficient (Wildman–Crippen LogP) is 11.5. The second-order valence-corrected chi connectivity index (χ2v) is 12.5. The van der Waals surface area contributed by atoms with Gasteiger partial charge < -0.3 is 4.90 Å². The fourth-order valence-corrected chi connectivity index (χ4v) is 7.73.